The summed E-state index contributed by atoms with van der Waals surface area (Å²) in [5.41, 5.74) is 1.18. The highest BCUT2D eigenvalue weighted by Gasteiger charge is 2.34. The molecule has 3 saturated heterocycles. The molecule has 0 N–H and O–H groups in total. The molecule has 9 nitrogen and oxygen atoms in total. The smallest absolute Gasteiger partial charge is 0.210 e. The molecular weight excluding hydrogens is 626 g/mol. The average Bonchev–Trinajstić information content (AvgIpc) is 3.08. The number of fused-ring (bicyclic) bond motifs is 1. The van der Waals surface area contributed by atoms with Crippen molar-refractivity contribution in [2.75, 3.05) is 76.7 Å². The lowest BCUT2D eigenvalue weighted by Crippen LogP contribution is -2.55. The number of anilines is 1. The number of ether oxygens (including phenoxy) is 1. The van der Waals surface area contributed by atoms with E-state index < -0.39 is 26.5 Å². The molecule has 3 aromatic rings. The van der Waals surface area contributed by atoms with Crippen molar-refractivity contribution < 1.29 is 21.8 Å². The number of sulfone groups is 1. The lowest BCUT2D eigenvalue weighted by atomic mass is 9.96. The van der Waals surface area contributed by atoms with Crippen molar-refractivity contribution in [3.63, 3.8) is 0 Å². The average molecular weight is 672 g/mol. The first-order valence-corrected chi connectivity index (χ1v) is 19.6. The molecule has 6 rings (SSSR count). The molecule has 4 heterocycles. The standard InChI is InChI=1S/C34H46FN5O4S2/c1-4-37-18-20-39(21-19-37)26-10-14-38(15-11-26)25-12-16-40(17-13-25)34-29-22-27(45(3)41)6-8-31(29)36-24-33(34)46(42,43)28-7-9-32(44-5-2)30(35)23-28/h6-9,22-26H,4-5,10-21H2,1-3H3/t45-/m0/s1. The van der Waals surface area contributed by atoms with Crippen molar-refractivity contribution in [2.45, 2.75) is 66.3 Å². The number of likely N-dealkylation sites (N-methyl/N-ethyl adjacent to an activating group) is 1. The Morgan fingerprint density at radius 1 is 0.891 bits per heavy atom. The van der Waals surface area contributed by atoms with Gasteiger partial charge in [-0.05, 0) is 88.6 Å². The van der Waals surface area contributed by atoms with Crippen LogP contribution in [0, 0.1) is 5.82 Å². The zero-order valence-corrected chi connectivity index (χ0v) is 28.8. The summed E-state index contributed by atoms with van der Waals surface area (Å²) in [5, 5.41) is 0.641. The van der Waals surface area contributed by atoms with Crippen LogP contribution in [0.15, 0.2) is 57.3 Å². The van der Waals surface area contributed by atoms with Crippen LogP contribution >= 0.6 is 0 Å². The number of halogens is 1. The second kappa shape index (κ2) is 14.2. The van der Waals surface area contributed by atoms with Gasteiger partial charge in [0.15, 0.2) is 11.6 Å². The quantitative estimate of drug-likeness (QED) is 0.329. The number of piperazine rings is 1. The maximum atomic E-state index is 14.9. The minimum absolute atomic E-state index is 0.0125. The molecule has 3 aliphatic heterocycles. The molecule has 0 bridgehead atoms. The number of hydrogen-bond donors (Lipinski definition) is 0. The predicted octanol–water partition coefficient (Wildman–Crippen LogP) is 4.41. The molecule has 46 heavy (non-hydrogen) atoms. The van der Waals surface area contributed by atoms with Crippen LogP contribution in [-0.4, -0.2) is 116 Å². The molecule has 3 fully saturated rings. The zero-order valence-electron chi connectivity index (χ0n) is 27.2. The number of piperidine rings is 2. The topological polar surface area (TPSA) is 86.3 Å². The number of rotatable bonds is 9. The normalized spacial score (nSPS) is 20.7. The third kappa shape index (κ3) is 6.82. The maximum Gasteiger partial charge on any atom is 0.210 e. The van der Waals surface area contributed by atoms with Crippen LogP contribution in [0.3, 0.4) is 0 Å². The van der Waals surface area contributed by atoms with Gasteiger partial charge in [0.05, 0.1) is 22.7 Å². The SMILES string of the molecule is CCOc1ccc(S(=O)(=O)c2cnc3ccc([S@](C)=O)cc3c2N2CCC(N3CCC(N4CCN(CC)CC4)CC3)CC2)cc1F. The Morgan fingerprint density at radius 2 is 1.54 bits per heavy atom. The van der Waals surface area contributed by atoms with Crippen LogP contribution in [0.2, 0.25) is 0 Å². The van der Waals surface area contributed by atoms with Gasteiger partial charge in [-0.1, -0.05) is 6.92 Å². The third-order valence-corrected chi connectivity index (χ3v) is 12.7. The van der Waals surface area contributed by atoms with Crippen LogP contribution in [-0.2, 0) is 20.6 Å². The fourth-order valence-corrected chi connectivity index (χ4v) is 9.39. The molecule has 0 radical (unpaired) electrons. The molecule has 12 heteroatoms. The first kappa shape index (κ1) is 33.3. The number of hydrogen-bond acceptors (Lipinski definition) is 9. The van der Waals surface area contributed by atoms with Crippen molar-refractivity contribution in [1.29, 1.82) is 0 Å². The van der Waals surface area contributed by atoms with E-state index in [1.807, 2.05) is 0 Å². The van der Waals surface area contributed by atoms with Gasteiger partial charge in [-0.2, -0.15) is 0 Å². The fourth-order valence-electron chi connectivity index (χ4n) is 7.40. The van der Waals surface area contributed by atoms with Gasteiger partial charge < -0.3 is 19.4 Å². The van der Waals surface area contributed by atoms with Crippen LogP contribution in [0.25, 0.3) is 10.9 Å². The molecule has 0 unspecified atom stereocenters. The van der Waals surface area contributed by atoms with E-state index in [1.165, 1.54) is 57.4 Å². The van der Waals surface area contributed by atoms with Gasteiger partial charge in [0, 0.05) is 84.9 Å². The summed E-state index contributed by atoms with van der Waals surface area (Å²) in [6.07, 6.45) is 7.22. The van der Waals surface area contributed by atoms with E-state index in [0.717, 1.165) is 38.5 Å². The fraction of sp³-hybridized carbons (Fsp3) is 0.559. The predicted molar refractivity (Wildman–Crippen MR) is 181 cm³/mol. The molecule has 0 amide bonds. The molecule has 250 valence electrons. The molecular formula is C34H46FN5O4S2. The second-order valence-corrected chi connectivity index (χ2v) is 15.9. The number of nitrogens with zero attached hydrogens (tertiary/aromatic N) is 5. The first-order valence-electron chi connectivity index (χ1n) is 16.6. The Labute approximate surface area is 275 Å². The van der Waals surface area contributed by atoms with E-state index in [2.05, 4.69) is 31.5 Å². The van der Waals surface area contributed by atoms with E-state index in [1.54, 1.807) is 31.4 Å². The summed E-state index contributed by atoms with van der Waals surface area (Å²) >= 11 is 0. The van der Waals surface area contributed by atoms with Gasteiger partial charge >= 0.3 is 0 Å². The largest absolute Gasteiger partial charge is 0.491 e. The van der Waals surface area contributed by atoms with Crippen LogP contribution in [0.5, 0.6) is 5.75 Å². The summed E-state index contributed by atoms with van der Waals surface area (Å²) in [4.78, 5) is 15.0. The molecule has 1 aromatic heterocycles. The maximum absolute atomic E-state index is 14.9. The Bertz CT molecular complexity index is 1670. The van der Waals surface area contributed by atoms with E-state index in [9.17, 15) is 17.0 Å². The molecule has 0 saturated carbocycles. The van der Waals surface area contributed by atoms with Gasteiger partial charge in [0.1, 0.15) is 4.90 Å². The Kier molecular flexibility index (Phi) is 10.3. The van der Waals surface area contributed by atoms with Gasteiger partial charge in [-0.3, -0.25) is 14.1 Å². The first-order chi connectivity index (χ1) is 22.2. The summed E-state index contributed by atoms with van der Waals surface area (Å²) in [5.74, 6) is -0.715. The summed E-state index contributed by atoms with van der Waals surface area (Å²) < 4.78 is 60.9. The van der Waals surface area contributed by atoms with E-state index >= 15 is 0 Å². The van der Waals surface area contributed by atoms with Crippen molar-refractivity contribution >= 4 is 37.2 Å². The number of likely N-dealkylation sites (tertiary alicyclic amines) is 1. The van der Waals surface area contributed by atoms with Gasteiger partial charge in [-0.25, -0.2) is 12.8 Å². The van der Waals surface area contributed by atoms with E-state index in [-0.39, 0.29) is 22.1 Å². The minimum atomic E-state index is -4.15. The molecule has 0 aliphatic carbocycles. The van der Waals surface area contributed by atoms with E-state index in [4.69, 9.17) is 4.74 Å². The summed E-state index contributed by atoms with van der Waals surface area (Å²) in [7, 11) is -5.41. The molecule has 1 atom stereocenters. The van der Waals surface area contributed by atoms with Crippen LogP contribution < -0.4 is 9.64 Å². The Morgan fingerprint density at radius 3 is 2.15 bits per heavy atom. The van der Waals surface area contributed by atoms with Gasteiger partial charge in [-0.15, -0.1) is 0 Å². The van der Waals surface area contributed by atoms with E-state index in [0.29, 0.717) is 46.7 Å². The number of pyridine rings is 1. The second-order valence-electron chi connectivity index (χ2n) is 12.6. The molecule has 0 spiro atoms. The third-order valence-electron chi connectivity index (χ3n) is 10.1. The van der Waals surface area contributed by atoms with Gasteiger partial charge in [0.2, 0.25) is 9.84 Å². The van der Waals surface area contributed by atoms with Crippen LogP contribution in [0.1, 0.15) is 39.5 Å². The molecule has 3 aliphatic rings. The minimum Gasteiger partial charge on any atom is -0.491 e. The van der Waals surface area contributed by atoms with Crippen molar-refractivity contribution in [1.82, 2.24) is 19.7 Å². The number of aromatic nitrogens is 1. The van der Waals surface area contributed by atoms with Crippen molar-refractivity contribution in [3.05, 3.63) is 48.4 Å². The lowest BCUT2D eigenvalue weighted by Gasteiger charge is -2.46. The van der Waals surface area contributed by atoms with Crippen molar-refractivity contribution in [2.24, 2.45) is 0 Å². The Hall–Kier alpha value is -2.64. The van der Waals surface area contributed by atoms with Crippen molar-refractivity contribution in [3.8, 4) is 5.75 Å². The number of benzene rings is 2. The monoisotopic (exact) mass is 671 g/mol. The zero-order chi connectivity index (χ0) is 32.4. The summed E-state index contributed by atoms with van der Waals surface area (Å²) in [6.45, 7) is 13.6. The van der Waals surface area contributed by atoms with Gasteiger partial charge in [0.25, 0.3) is 0 Å². The highest BCUT2D eigenvalue weighted by Crippen LogP contribution is 2.39. The highest BCUT2D eigenvalue weighted by molar-refractivity contribution is 7.91. The Balaban J connectivity index is 1.23. The van der Waals surface area contributed by atoms with Crippen LogP contribution in [0.4, 0.5) is 10.1 Å². The molecule has 2 aromatic carbocycles. The highest BCUT2D eigenvalue weighted by atomic mass is 32.2. The lowest BCUT2D eigenvalue weighted by molar-refractivity contribution is 0.0449. The summed E-state index contributed by atoms with van der Waals surface area (Å²) in [6, 6.07) is 10.2.